The molecule has 0 amide bonds. The van der Waals surface area contributed by atoms with E-state index in [1.54, 1.807) is 17.5 Å². The van der Waals surface area contributed by atoms with Gasteiger partial charge in [0.25, 0.3) is 0 Å². The number of nitrogens with zero attached hydrogens (tertiary/aromatic N) is 6. The Balaban J connectivity index is 1.68. The van der Waals surface area contributed by atoms with Gasteiger partial charge in [0.05, 0.1) is 6.20 Å². The third kappa shape index (κ3) is 2.62. The molecular formula is C11H13ClN6S. The van der Waals surface area contributed by atoms with Crippen LogP contribution in [0.25, 0.3) is 0 Å². The molecule has 6 nitrogen and oxygen atoms in total. The Labute approximate surface area is 120 Å². The lowest BCUT2D eigenvalue weighted by molar-refractivity contribution is 0.643. The number of piperazine rings is 1. The van der Waals surface area contributed by atoms with Gasteiger partial charge in [0.2, 0.25) is 5.13 Å². The van der Waals surface area contributed by atoms with E-state index in [1.807, 2.05) is 6.92 Å². The van der Waals surface area contributed by atoms with Crippen LogP contribution in [0.3, 0.4) is 0 Å². The van der Waals surface area contributed by atoms with Crippen LogP contribution in [0.2, 0.25) is 5.02 Å². The molecule has 1 fully saturated rings. The lowest BCUT2D eigenvalue weighted by atomic mass is 10.3. The first-order valence-corrected chi connectivity index (χ1v) is 7.19. The molecule has 0 atom stereocenters. The summed E-state index contributed by atoms with van der Waals surface area (Å²) < 4.78 is 0. The molecule has 0 bridgehead atoms. The Morgan fingerprint density at radius 2 is 1.89 bits per heavy atom. The lowest BCUT2D eigenvalue weighted by Gasteiger charge is -2.35. The van der Waals surface area contributed by atoms with E-state index in [-0.39, 0.29) is 0 Å². The summed E-state index contributed by atoms with van der Waals surface area (Å²) in [6.07, 6.45) is 3.16. The van der Waals surface area contributed by atoms with Gasteiger partial charge in [-0.2, -0.15) is 0 Å². The zero-order valence-electron chi connectivity index (χ0n) is 10.5. The SMILES string of the molecule is Cc1nnc(N2CCN(c3ncncc3Cl)CC2)s1. The van der Waals surface area contributed by atoms with Crippen molar-refractivity contribution in [3.05, 3.63) is 22.6 Å². The van der Waals surface area contributed by atoms with E-state index in [9.17, 15) is 0 Å². The predicted molar refractivity (Wildman–Crippen MR) is 76.1 cm³/mol. The van der Waals surface area contributed by atoms with Crippen molar-refractivity contribution in [3.63, 3.8) is 0 Å². The van der Waals surface area contributed by atoms with Crippen LogP contribution < -0.4 is 9.80 Å². The maximum Gasteiger partial charge on any atom is 0.208 e. The van der Waals surface area contributed by atoms with Crippen molar-refractivity contribution in [3.8, 4) is 0 Å². The largest absolute Gasteiger partial charge is 0.352 e. The quantitative estimate of drug-likeness (QED) is 0.839. The molecule has 8 heteroatoms. The van der Waals surface area contributed by atoms with Gasteiger partial charge >= 0.3 is 0 Å². The predicted octanol–water partition coefficient (Wildman–Crippen LogP) is 1.62. The number of anilines is 2. The van der Waals surface area contributed by atoms with Gasteiger partial charge in [0.1, 0.15) is 16.4 Å². The molecule has 3 rings (SSSR count). The smallest absolute Gasteiger partial charge is 0.208 e. The standard InChI is InChI=1S/C11H13ClN6S/c1-8-15-16-11(19-8)18-4-2-17(3-5-18)10-9(12)6-13-7-14-10/h6-7H,2-5H2,1H3. The molecule has 1 aliphatic rings. The molecule has 0 radical (unpaired) electrons. The van der Waals surface area contributed by atoms with Crippen molar-refractivity contribution in [2.24, 2.45) is 0 Å². The minimum atomic E-state index is 0.600. The van der Waals surface area contributed by atoms with Crippen molar-refractivity contribution >= 4 is 33.9 Å². The van der Waals surface area contributed by atoms with E-state index >= 15 is 0 Å². The van der Waals surface area contributed by atoms with Crippen molar-refractivity contribution < 1.29 is 0 Å². The Hall–Kier alpha value is -1.47. The number of hydrogen-bond acceptors (Lipinski definition) is 7. The minimum Gasteiger partial charge on any atom is -0.352 e. The van der Waals surface area contributed by atoms with Crippen molar-refractivity contribution in [2.45, 2.75) is 6.92 Å². The molecule has 0 aliphatic carbocycles. The van der Waals surface area contributed by atoms with Gasteiger partial charge in [-0.3, -0.25) is 0 Å². The summed E-state index contributed by atoms with van der Waals surface area (Å²) in [7, 11) is 0. The van der Waals surface area contributed by atoms with E-state index in [1.165, 1.54) is 6.33 Å². The molecule has 0 spiro atoms. The summed E-state index contributed by atoms with van der Waals surface area (Å²) in [5, 5.41) is 10.8. The van der Waals surface area contributed by atoms with Gasteiger partial charge in [-0.15, -0.1) is 10.2 Å². The second-order valence-corrected chi connectivity index (χ2v) is 5.84. The molecule has 0 unspecified atom stereocenters. The fourth-order valence-corrected chi connectivity index (χ4v) is 3.03. The van der Waals surface area contributed by atoms with Gasteiger partial charge in [0, 0.05) is 26.2 Å². The van der Waals surface area contributed by atoms with Gasteiger partial charge < -0.3 is 9.80 Å². The number of rotatable bonds is 2. The average Bonchev–Trinajstić information content (AvgIpc) is 2.86. The third-order valence-electron chi connectivity index (χ3n) is 3.01. The first kappa shape index (κ1) is 12.6. The molecule has 3 heterocycles. The Morgan fingerprint density at radius 3 is 2.53 bits per heavy atom. The van der Waals surface area contributed by atoms with E-state index in [0.717, 1.165) is 42.1 Å². The Kier molecular flexibility index (Phi) is 3.48. The van der Waals surface area contributed by atoms with Gasteiger partial charge in [-0.25, -0.2) is 9.97 Å². The van der Waals surface area contributed by atoms with Crippen molar-refractivity contribution in [1.29, 1.82) is 0 Å². The Bertz CT molecular complexity index is 566. The highest BCUT2D eigenvalue weighted by molar-refractivity contribution is 7.15. The zero-order chi connectivity index (χ0) is 13.2. The molecule has 2 aromatic heterocycles. The molecule has 19 heavy (non-hydrogen) atoms. The number of aromatic nitrogens is 4. The zero-order valence-corrected chi connectivity index (χ0v) is 12.0. The highest BCUT2D eigenvalue weighted by Gasteiger charge is 2.21. The van der Waals surface area contributed by atoms with Crippen LogP contribution in [0.1, 0.15) is 5.01 Å². The lowest BCUT2D eigenvalue weighted by Crippen LogP contribution is -2.47. The second kappa shape index (κ2) is 5.26. The topological polar surface area (TPSA) is 58.0 Å². The molecule has 2 aromatic rings. The molecule has 0 aromatic carbocycles. The number of halogens is 1. The Morgan fingerprint density at radius 1 is 1.16 bits per heavy atom. The van der Waals surface area contributed by atoms with Crippen LogP contribution in [0.5, 0.6) is 0 Å². The summed E-state index contributed by atoms with van der Waals surface area (Å²) in [6, 6.07) is 0. The van der Waals surface area contributed by atoms with Crippen LogP contribution >= 0.6 is 22.9 Å². The van der Waals surface area contributed by atoms with E-state index in [2.05, 4.69) is 30.0 Å². The number of hydrogen-bond donors (Lipinski definition) is 0. The highest BCUT2D eigenvalue weighted by Crippen LogP contribution is 2.25. The molecule has 1 aliphatic heterocycles. The first-order chi connectivity index (χ1) is 9.24. The fourth-order valence-electron chi connectivity index (χ4n) is 2.06. The third-order valence-corrected chi connectivity index (χ3v) is 4.18. The van der Waals surface area contributed by atoms with Crippen LogP contribution in [-0.4, -0.2) is 46.3 Å². The molecule has 0 saturated carbocycles. The molecular weight excluding hydrogens is 284 g/mol. The van der Waals surface area contributed by atoms with E-state index in [4.69, 9.17) is 11.6 Å². The number of aryl methyl sites for hydroxylation is 1. The van der Waals surface area contributed by atoms with Gasteiger partial charge in [0.15, 0.2) is 5.82 Å². The average molecular weight is 297 g/mol. The van der Waals surface area contributed by atoms with Crippen LogP contribution in [0.4, 0.5) is 10.9 Å². The summed E-state index contributed by atoms with van der Waals surface area (Å²) in [6.45, 7) is 5.51. The fraction of sp³-hybridized carbons (Fsp3) is 0.455. The summed E-state index contributed by atoms with van der Waals surface area (Å²) in [4.78, 5) is 12.6. The van der Waals surface area contributed by atoms with Gasteiger partial charge in [-0.1, -0.05) is 22.9 Å². The van der Waals surface area contributed by atoms with E-state index in [0.29, 0.717) is 5.02 Å². The van der Waals surface area contributed by atoms with Crippen LogP contribution in [0, 0.1) is 6.92 Å². The normalized spacial score (nSPS) is 15.9. The van der Waals surface area contributed by atoms with Crippen LogP contribution in [0.15, 0.2) is 12.5 Å². The van der Waals surface area contributed by atoms with Crippen LogP contribution in [-0.2, 0) is 0 Å². The molecule has 0 N–H and O–H groups in total. The molecule has 1 saturated heterocycles. The molecule has 100 valence electrons. The summed E-state index contributed by atoms with van der Waals surface area (Å²) in [5.74, 6) is 0.810. The van der Waals surface area contributed by atoms with Crippen molar-refractivity contribution in [1.82, 2.24) is 20.2 Å². The van der Waals surface area contributed by atoms with Crippen molar-refractivity contribution in [2.75, 3.05) is 36.0 Å². The summed E-state index contributed by atoms with van der Waals surface area (Å²) >= 11 is 7.74. The highest BCUT2D eigenvalue weighted by atomic mass is 35.5. The summed E-state index contributed by atoms with van der Waals surface area (Å²) in [5.41, 5.74) is 0. The van der Waals surface area contributed by atoms with Gasteiger partial charge in [-0.05, 0) is 6.92 Å². The van der Waals surface area contributed by atoms with E-state index < -0.39 is 0 Å². The maximum atomic E-state index is 6.11. The first-order valence-electron chi connectivity index (χ1n) is 5.99. The monoisotopic (exact) mass is 296 g/mol. The second-order valence-electron chi connectivity index (χ2n) is 4.27. The maximum absolute atomic E-state index is 6.11. The minimum absolute atomic E-state index is 0.600.